The van der Waals surface area contributed by atoms with Crippen LogP contribution < -0.4 is 5.56 Å². The largest absolute Gasteiger partial charge is 0.336 e. The van der Waals surface area contributed by atoms with Crippen molar-refractivity contribution in [2.75, 3.05) is 12.3 Å². The third-order valence-electron chi connectivity index (χ3n) is 4.15. The van der Waals surface area contributed by atoms with Gasteiger partial charge in [-0.15, -0.1) is 11.8 Å². The van der Waals surface area contributed by atoms with Crippen molar-refractivity contribution in [1.29, 1.82) is 0 Å². The smallest absolute Gasteiger partial charge is 0.276 e. The number of nitrogens with one attached hydrogen (secondary N) is 1. The molecule has 0 saturated carbocycles. The average molecular weight is 340 g/mol. The number of aromatic amines is 1. The third kappa shape index (κ3) is 2.71. The molecule has 6 nitrogen and oxygen atoms in total. The van der Waals surface area contributed by atoms with E-state index in [0.29, 0.717) is 42.2 Å². The van der Waals surface area contributed by atoms with Crippen molar-refractivity contribution in [2.24, 2.45) is 0 Å². The standard InChI is InChI=1S/C17H16N4O2S/c22-16(11-24-12-4-2-1-3-5-12)20-9-7-13-14(10-20)19-15-6-8-18-21(15)17(13)23/h1-6,8,18H,7,9-11H2. The average Bonchev–Trinajstić information content (AvgIpc) is 3.09. The Bertz CT molecular complexity index is 948. The van der Waals surface area contributed by atoms with E-state index in [-0.39, 0.29) is 11.5 Å². The SMILES string of the molecule is O=C(CSc1ccccc1)N1CCc2c(nc3cc[nH]n3c2=O)C1. The van der Waals surface area contributed by atoms with Gasteiger partial charge >= 0.3 is 0 Å². The molecule has 4 rings (SSSR count). The quantitative estimate of drug-likeness (QED) is 0.737. The van der Waals surface area contributed by atoms with Crippen LogP contribution in [0, 0.1) is 0 Å². The molecule has 1 aliphatic heterocycles. The second-order valence-corrected chi connectivity index (χ2v) is 6.71. The Kier molecular flexibility index (Phi) is 3.86. The molecule has 1 amide bonds. The van der Waals surface area contributed by atoms with Crippen LogP contribution in [-0.4, -0.2) is 37.7 Å². The molecule has 0 unspecified atom stereocenters. The molecule has 24 heavy (non-hydrogen) atoms. The number of thioether (sulfide) groups is 1. The van der Waals surface area contributed by atoms with Crippen LogP contribution in [0.25, 0.3) is 5.65 Å². The monoisotopic (exact) mass is 340 g/mol. The van der Waals surface area contributed by atoms with E-state index in [1.54, 1.807) is 17.2 Å². The molecule has 1 aliphatic rings. The zero-order valence-electron chi connectivity index (χ0n) is 12.9. The Balaban J connectivity index is 1.50. The highest BCUT2D eigenvalue weighted by Gasteiger charge is 2.24. The number of nitrogens with zero attached hydrogens (tertiary/aromatic N) is 3. The molecule has 0 bridgehead atoms. The van der Waals surface area contributed by atoms with Crippen molar-refractivity contribution in [3.63, 3.8) is 0 Å². The minimum atomic E-state index is -0.0641. The number of rotatable bonds is 3. The minimum absolute atomic E-state index is 0.0641. The second-order valence-electron chi connectivity index (χ2n) is 5.67. The Morgan fingerprint density at radius 3 is 2.92 bits per heavy atom. The predicted molar refractivity (Wildman–Crippen MR) is 92.1 cm³/mol. The Morgan fingerprint density at radius 2 is 2.08 bits per heavy atom. The summed E-state index contributed by atoms with van der Waals surface area (Å²) >= 11 is 1.53. The number of amides is 1. The van der Waals surface area contributed by atoms with Crippen LogP contribution in [0.3, 0.4) is 0 Å². The Morgan fingerprint density at radius 1 is 1.25 bits per heavy atom. The molecule has 0 radical (unpaired) electrons. The van der Waals surface area contributed by atoms with Crippen LogP contribution in [0.15, 0.2) is 52.3 Å². The molecule has 0 saturated heterocycles. The normalized spacial score (nSPS) is 13.9. The molecule has 0 aliphatic carbocycles. The highest BCUT2D eigenvalue weighted by molar-refractivity contribution is 8.00. The molecule has 122 valence electrons. The lowest BCUT2D eigenvalue weighted by Crippen LogP contribution is -2.40. The molecule has 1 aromatic carbocycles. The van der Waals surface area contributed by atoms with Crippen molar-refractivity contribution >= 4 is 23.3 Å². The molecule has 0 spiro atoms. The lowest BCUT2D eigenvalue weighted by molar-refractivity contribution is -0.129. The summed E-state index contributed by atoms with van der Waals surface area (Å²) in [5.74, 6) is 0.468. The molecule has 0 fully saturated rings. The maximum Gasteiger partial charge on any atom is 0.276 e. The van der Waals surface area contributed by atoms with E-state index in [1.807, 2.05) is 30.3 Å². The summed E-state index contributed by atoms with van der Waals surface area (Å²) in [6, 6.07) is 11.6. The summed E-state index contributed by atoms with van der Waals surface area (Å²) in [7, 11) is 0. The van der Waals surface area contributed by atoms with Gasteiger partial charge in [0, 0.05) is 29.3 Å². The van der Waals surface area contributed by atoms with Crippen LogP contribution in [0.5, 0.6) is 0 Å². The van der Waals surface area contributed by atoms with Gasteiger partial charge < -0.3 is 4.90 Å². The van der Waals surface area contributed by atoms with E-state index < -0.39 is 0 Å². The summed E-state index contributed by atoms with van der Waals surface area (Å²) in [5, 5.41) is 2.87. The van der Waals surface area contributed by atoms with Crippen molar-refractivity contribution in [1.82, 2.24) is 19.5 Å². The van der Waals surface area contributed by atoms with Gasteiger partial charge in [0.1, 0.15) is 0 Å². The lowest BCUT2D eigenvalue weighted by atomic mass is 10.1. The van der Waals surface area contributed by atoms with Gasteiger partial charge in [-0.2, -0.15) is 0 Å². The molecule has 0 atom stereocenters. The number of hydrogen-bond acceptors (Lipinski definition) is 4. The summed E-state index contributed by atoms with van der Waals surface area (Å²) < 4.78 is 1.45. The van der Waals surface area contributed by atoms with Gasteiger partial charge in [-0.25, -0.2) is 9.50 Å². The van der Waals surface area contributed by atoms with Gasteiger partial charge in [-0.05, 0) is 18.6 Å². The zero-order valence-corrected chi connectivity index (χ0v) is 13.8. The van der Waals surface area contributed by atoms with Crippen molar-refractivity contribution < 1.29 is 4.79 Å². The first kappa shape index (κ1) is 15.0. The van der Waals surface area contributed by atoms with Crippen LogP contribution in [0.2, 0.25) is 0 Å². The van der Waals surface area contributed by atoms with Crippen molar-refractivity contribution in [3.05, 3.63) is 64.2 Å². The fraction of sp³-hybridized carbons (Fsp3) is 0.235. The summed E-state index contributed by atoms with van der Waals surface area (Å²) in [6.45, 7) is 0.964. The molecule has 3 heterocycles. The molecule has 1 N–H and O–H groups in total. The first-order valence-corrected chi connectivity index (χ1v) is 8.74. The van der Waals surface area contributed by atoms with Gasteiger partial charge in [0.15, 0.2) is 5.65 Å². The van der Waals surface area contributed by atoms with Gasteiger partial charge in [0.25, 0.3) is 5.56 Å². The number of aromatic nitrogens is 3. The van der Waals surface area contributed by atoms with Crippen molar-refractivity contribution in [2.45, 2.75) is 17.9 Å². The van der Waals surface area contributed by atoms with Crippen LogP contribution in [0.4, 0.5) is 0 Å². The van der Waals surface area contributed by atoms with E-state index in [2.05, 4.69) is 10.1 Å². The number of H-pyrrole nitrogens is 1. The first-order valence-electron chi connectivity index (χ1n) is 7.76. The molecular weight excluding hydrogens is 324 g/mol. The number of carbonyl (C=O) groups is 1. The van der Waals surface area contributed by atoms with E-state index >= 15 is 0 Å². The summed E-state index contributed by atoms with van der Waals surface area (Å²) in [6.07, 6.45) is 2.24. The predicted octanol–water partition coefficient (Wildman–Crippen LogP) is 1.70. The summed E-state index contributed by atoms with van der Waals surface area (Å²) in [5.41, 5.74) is 1.94. The van der Waals surface area contributed by atoms with E-state index in [4.69, 9.17) is 0 Å². The number of carbonyl (C=O) groups excluding carboxylic acids is 1. The number of benzene rings is 1. The molecule has 7 heteroatoms. The first-order chi connectivity index (χ1) is 11.7. The van der Waals surface area contributed by atoms with Gasteiger partial charge in [-0.3, -0.25) is 14.7 Å². The highest BCUT2D eigenvalue weighted by atomic mass is 32.2. The lowest BCUT2D eigenvalue weighted by Gasteiger charge is -2.27. The second kappa shape index (κ2) is 6.16. The number of fused-ring (bicyclic) bond motifs is 2. The van der Waals surface area contributed by atoms with Gasteiger partial charge in [0.2, 0.25) is 5.91 Å². The van der Waals surface area contributed by atoms with E-state index in [0.717, 1.165) is 4.90 Å². The molecule has 2 aromatic heterocycles. The van der Waals surface area contributed by atoms with Gasteiger partial charge in [0.05, 0.1) is 18.0 Å². The molecule has 3 aromatic rings. The minimum Gasteiger partial charge on any atom is -0.336 e. The van der Waals surface area contributed by atoms with Gasteiger partial charge in [-0.1, -0.05) is 18.2 Å². The summed E-state index contributed by atoms with van der Waals surface area (Å²) in [4.78, 5) is 32.3. The fourth-order valence-electron chi connectivity index (χ4n) is 2.90. The Labute approximate surface area is 142 Å². The zero-order chi connectivity index (χ0) is 16.5. The number of hydrogen-bond donors (Lipinski definition) is 1. The Hall–Kier alpha value is -2.54. The maximum atomic E-state index is 12.5. The van der Waals surface area contributed by atoms with Crippen LogP contribution >= 0.6 is 11.8 Å². The van der Waals surface area contributed by atoms with E-state index in [1.165, 1.54) is 16.3 Å². The van der Waals surface area contributed by atoms with Crippen LogP contribution in [0.1, 0.15) is 11.3 Å². The maximum absolute atomic E-state index is 12.5. The van der Waals surface area contributed by atoms with Crippen LogP contribution in [-0.2, 0) is 17.8 Å². The third-order valence-corrected chi connectivity index (χ3v) is 5.15. The van der Waals surface area contributed by atoms with Crippen molar-refractivity contribution in [3.8, 4) is 0 Å². The topological polar surface area (TPSA) is 70.5 Å². The highest BCUT2D eigenvalue weighted by Crippen LogP contribution is 2.20. The molecular formula is C17H16N4O2S. The fourth-order valence-corrected chi connectivity index (χ4v) is 3.72. The van der Waals surface area contributed by atoms with E-state index in [9.17, 15) is 9.59 Å².